The number of nitrogens with zero attached hydrogens (tertiary/aromatic N) is 1. The van der Waals surface area contributed by atoms with Crippen molar-refractivity contribution in [3.8, 4) is 0 Å². The molecule has 0 amide bonds. The highest BCUT2D eigenvalue weighted by Crippen LogP contribution is 2.17. The van der Waals surface area contributed by atoms with Gasteiger partial charge in [-0.25, -0.2) is 0 Å². The number of nitrogen functional groups attached to an aromatic ring is 1. The number of rotatable bonds is 2. The van der Waals surface area contributed by atoms with Crippen molar-refractivity contribution in [3.05, 3.63) is 71.9 Å². The van der Waals surface area contributed by atoms with Crippen LogP contribution in [0, 0.1) is 0 Å². The minimum atomic E-state index is -0.0418. The second-order valence-corrected chi connectivity index (χ2v) is 4.37. The highest BCUT2D eigenvalue weighted by Gasteiger charge is 2.09. The molecule has 0 saturated carbocycles. The summed E-state index contributed by atoms with van der Waals surface area (Å²) in [7, 11) is 0. The quantitative estimate of drug-likeness (QED) is 0.560. The summed E-state index contributed by atoms with van der Waals surface area (Å²) in [5.74, 6) is -0.0418. The first-order valence-corrected chi connectivity index (χ1v) is 5.99. The zero-order valence-corrected chi connectivity index (χ0v) is 10.2. The molecule has 2 N–H and O–H groups in total. The molecule has 0 unspecified atom stereocenters. The lowest BCUT2D eigenvalue weighted by Gasteiger charge is -2.03. The van der Waals surface area contributed by atoms with Gasteiger partial charge in [0, 0.05) is 28.4 Å². The highest BCUT2D eigenvalue weighted by atomic mass is 16.1. The molecule has 19 heavy (non-hydrogen) atoms. The molecule has 0 aliphatic rings. The fourth-order valence-corrected chi connectivity index (χ4v) is 2.05. The van der Waals surface area contributed by atoms with Crippen molar-refractivity contribution in [2.45, 2.75) is 0 Å². The molecule has 92 valence electrons. The number of hydrogen-bond acceptors (Lipinski definition) is 3. The topological polar surface area (TPSA) is 56.0 Å². The van der Waals surface area contributed by atoms with E-state index in [9.17, 15) is 4.79 Å². The van der Waals surface area contributed by atoms with Crippen molar-refractivity contribution in [1.82, 2.24) is 4.98 Å². The molecule has 0 radical (unpaired) electrons. The maximum atomic E-state index is 12.4. The van der Waals surface area contributed by atoms with Crippen molar-refractivity contribution in [1.29, 1.82) is 0 Å². The molecule has 0 fully saturated rings. The molecule has 0 spiro atoms. The summed E-state index contributed by atoms with van der Waals surface area (Å²) in [5, 5.41) is 1.02. The number of hydrogen-bond donors (Lipinski definition) is 1. The first-order chi connectivity index (χ1) is 9.24. The van der Waals surface area contributed by atoms with Gasteiger partial charge in [0.15, 0.2) is 5.78 Å². The van der Waals surface area contributed by atoms with Gasteiger partial charge < -0.3 is 5.73 Å². The smallest absolute Gasteiger partial charge is 0.193 e. The number of benzene rings is 2. The van der Waals surface area contributed by atoms with Crippen molar-refractivity contribution in [2.75, 3.05) is 5.73 Å². The zero-order chi connectivity index (χ0) is 13.2. The lowest BCUT2D eigenvalue weighted by Crippen LogP contribution is -2.02. The van der Waals surface area contributed by atoms with Crippen LogP contribution in [0.2, 0.25) is 0 Å². The first kappa shape index (κ1) is 11.4. The summed E-state index contributed by atoms with van der Waals surface area (Å²) in [6.45, 7) is 0. The van der Waals surface area contributed by atoms with Crippen LogP contribution < -0.4 is 5.73 Å². The van der Waals surface area contributed by atoms with Crippen LogP contribution in [-0.2, 0) is 0 Å². The largest absolute Gasteiger partial charge is 0.399 e. The molecule has 0 saturated heterocycles. The number of ketones is 1. The normalized spacial score (nSPS) is 10.5. The van der Waals surface area contributed by atoms with Crippen LogP contribution >= 0.6 is 0 Å². The van der Waals surface area contributed by atoms with Gasteiger partial charge in [0.1, 0.15) is 0 Å². The number of nitrogens with two attached hydrogens (primary N) is 1. The molecule has 0 aliphatic carbocycles. The number of fused-ring (bicyclic) bond motifs is 1. The van der Waals surface area contributed by atoms with Crippen LogP contribution in [0.3, 0.4) is 0 Å². The molecular weight excluding hydrogens is 236 g/mol. The van der Waals surface area contributed by atoms with Gasteiger partial charge in [0.25, 0.3) is 0 Å². The maximum Gasteiger partial charge on any atom is 0.193 e. The highest BCUT2D eigenvalue weighted by molar-refractivity contribution is 6.10. The van der Waals surface area contributed by atoms with Crippen LogP contribution in [0.4, 0.5) is 5.69 Å². The van der Waals surface area contributed by atoms with E-state index < -0.39 is 0 Å². The molecule has 3 heteroatoms. The molecule has 2 aromatic carbocycles. The van der Waals surface area contributed by atoms with E-state index in [1.54, 1.807) is 36.5 Å². The second-order valence-electron chi connectivity index (χ2n) is 4.37. The summed E-state index contributed by atoms with van der Waals surface area (Å²) in [4.78, 5) is 16.6. The number of aromatic nitrogens is 1. The Morgan fingerprint density at radius 1 is 0.947 bits per heavy atom. The van der Waals surface area contributed by atoms with Crippen LogP contribution in [0.15, 0.2) is 60.8 Å². The Balaban J connectivity index is 2.06. The third kappa shape index (κ3) is 2.18. The average Bonchev–Trinajstić information content (AvgIpc) is 2.46. The van der Waals surface area contributed by atoms with Crippen LogP contribution in [0.1, 0.15) is 15.9 Å². The summed E-state index contributed by atoms with van der Waals surface area (Å²) in [6, 6.07) is 16.4. The predicted octanol–water partition coefficient (Wildman–Crippen LogP) is 3.05. The van der Waals surface area contributed by atoms with E-state index in [1.807, 2.05) is 24.3 Å². The summed E-state index contributed by atoms with van der Waals surface area (Å²) in [5.41, 5.74) is 8.32. The molecule has 3 rings (SSSR count). The molecular formula is C16H12N2O. The van der Waals surface area contributed by atoms with Gasteiger partial charge in [-0.2, -0.15) is 0 Å². The summed E-state index contributed by atoms with van der Waals surface area (Å²) >= 11 is 0. The molecule has 0 aliphatic heterocycles. The minimum absolute atomic E-state index is 0.0418. The molecule has 0 bridgehead atoms. The molecule has 1 aromatic heterocycles. The molecule has 1 heterocycles. The van der Waals surface area contributed by atoms with Gasteiger partial charge in [0.2, 0.25) is 0 Å². The zero-order valence-electron chi connectivity index (χ0n) is 10.2. The van der Waals surface area contributed by atoms with Crippen molar-refractivity contribution in [2.24, 2.45) is 0 Å². The summed E-state index contributed by atoms with van der Waals surface area (Å²) in [6.07, 6.45) is 1.72. The molecule has 0 atom stereocenters. The Bertz CT molecular complexity index is 765. The van der Waals surface area contributed by atoms with E-state index in [2.05, 4.69) is 4.98 Å². The van der Waals surface area contributed by atoms with E-state index in [1.165, 1.54) is 0 Å². The first-order valence-electron chi connectivity index (χ1n) is 5.99. The SMILES string of the molecule is Nc1cccc(C(=O)c2ccc3cccnc3c2)c1. The van der Waals surface area contributed by atoms with E-state index in [0.717, 1.165) is 10.9 Å². The van der Waals surface area contributed by atoms with E-state index in [4.69, 9.17) is 5.73 Å². The molecule has 3 aromatic rings. The van der Waals surface area contributed by atoms with E-state index in [0.29, 0.717) is 16.8 Å². The lowest BCUT2D eigenvalue weighted by molar-refractivity contribution is 0.103. The van der Waals surface area contributed by atoms with Crippen molar-refractivity contribution >= 4 is 22.4 Å². The van der Waals surface area contributed by atoms with E-state index >= 15 is 0 Å². The number of carbonyl (C=O) groups excluding carboxylic acids is 1. The Hall–Kier alpha value is -2.68. The Morgan fingerprint density at radius 3 is 2.63 bits per heavy atom. The average molecular weight is 248 g/mol. The number of carbonyl (C=O) groups is 1. The standard InChI is InChI=1S/C16H12N2O/c17-14-5-1-3-12(9-14)16(19)13-7-6-11-4-2-8-18-15(11)10-13/h1-10H,17H2. The minimum Gasteiger partial charge on any atom is -0.399 e. The third-order valence-corrected chi connectivity index (χ3v) is 3.02. The van der Waals surface area contributed by atoms with Crippen molar-refractivity contribution in [3.63, 3.8) is 0 Å². The van der Waals surface area contributed by atoms with Crippen LogP contribution in [-0.4, -0.2) is 10.8 Å². The number of anilines is 1. The molecule has 3 nitrogen and oxygen atoms in total. The van der Waals surface area contributed by atoms with Crippen LogP contribution in [0.5, 0.6) is 0 Å². The second kappa shape index (κ2) is 4.53. The fourth-order valence-electron chi connectivity index (χ4n) is 2.05. The van der Waals surface area contributed by atoms with Gasteiger partial charge in [-0.3, -0.25) is 9.78 Å². The maximum absolute atomic E-state index is 12.4. The van der Waals surface area contributed by atoms with Gasteiger partial charge in [0.05, 0.1) is 5.52 Å². The van der Waals surface area contributed by atoms with Crippen LogP contribution in [0.25, 0.3) is 10.9 Å². The lowest BCUT2D eigenvalue weighted by atomic mass is 10.0. The predicted molar refractivity (Wildman–Crippen MR) is 76.0 cm³/mol. The van der Waals surface area contributed by atoms with Gasteiger partial charge in [-0.05, 0) is 24.3 Å². The third-order valence-electron chi connectivity index (χ3n) is 3.02. The van der Waals surface area contributed by atoms with E-state index in [-0.39, 0.29) is 5.78 Å². The Kier molecular flexibility index (Phi) is 2.72. The van der Waals surface area contributed by atoms with Gasteiger partial charge in [-0.1, -0.05) is 30.3 Å². The van der Waals surface area contributed by atoms with Gasteiger partial charge in [-0.15, -0.1) is 0 Å². The van der Waals surface area contributed by atoms with Gasteiger partial charge >= 0.3 is 0 Å². The summed E-state index contributed by atoms with van der Waals surface area (Å²) < 4.78 is 0. The Labute approximate surface area is 110 Å². The van der Waals surface area contributed by atoms with Crippen molar-refractivity contribution < 1.29 is 4.79 Å². The number of pyridine rings is 1. The Morgan fingerprint density at radius 2 is 1.79 bits per heavy atom. The monoisotopic (exact) mass is 248 g/mol. The fraction of sp³-hybridized carbons (Fsp3) is 0.